The maximum atomic E-state index is 11.3. The van der Waals surface area contributed by atoms with Crippen LogP contribution in [-0.4, -0.2) is 42.6 Å². The first-order valence-electron chi connectivity index (χ1n) is 5.53. The first kappa shape index (κ1) is 13.4. The second kappa shape index (κ2) is 4.71. The summed E-state index contributed by atoms with van der Waals surface area (Å²) >= 11 is 0. The number of aliphatic carboxylic acids is 1. The molecule has 1 aliphatic heterocycles. The van der Waals surface area contributed by atoms with E-state index in [-0.39, 0.29) is 30.4 Å². The van der Waals surface area contributed by atoms with Crippen LogP contribution in [0, 0.1) is 0 Å². The normalized spacial score (nSPS) is 24.9. The highest BCUT2D eigenvalue weighted by molar-refractivity contribution is 7.91. The van der Waals surface area contributed by atoms with Crippen LogP contribution in [0.4, 0.5) is 0 Å². The SMILES string of the molecule is CCC(C)NC1(C(=O)O)CCS(=O)(=O)CC1. The Bertz CT molecular complexity index is 349. The van der Waals surface area contributed by atoms with Gasteiger partial charge in [0.05, 0.1) is 11.5 Å². The zero-order chi connectivity index (χ0) is 12.4. The van der Waals surface area contributed by atoms with E-state index in [9.17, 15) is 18.3 Å². The van der Waals surface area contributed by atoms with Crippen LogP contribution in [0.5, 0.6) is 0 Å². The molecule has 0 amide bonds. The fraction of sp³-hybridized carbons (Fsp3) is 0.900. The number of carbonyl (C=O) groups is 1. The molecular weight excluding hydrogens is 230 g/mol. The molecule has 0 aromatic carbocycles. The molecule has 94 valence electrons. The molecule has 1 unspecified atom stereocenters. The maximum absolute atomic E-state index is 11.3. The number of rotatable bonds is 4. The largest absolute Gasteiger partial charge is 0.480 e. The molecule has 5 nitrogen and oxygen atoms in total. The molecule has 0 radical (unpaired) electrons. The van der Waals surface area contributed by atoms with E-state index in [2.05, 4.69) is 5.32 Å². The molecule has 0 aromatic heterocycles. The highest BCUT2D eigenvalue weighted by Crippen LogP contribution is 2.25. The minimum Gasteiger partial charge on any atom is -0.480 e. The first-order valence-corrected chi connectivity index (χ1v) is 7.35. The quantitative estimate of drug-likeness (QED) is 0.754. The van der Waals surface area contributed by atoms with Crippen LogP contribution in [0.15, 0.2) is 0 Å². The Kier molecular flexibility index (Phi) is 3.96. The van der Waals surface area contributed by atoms with Gasteiger partial charge in [0.15, 0.2) is 0 Å². The maximum Gasteiger partial charge on any atom is 0.323 e. The van der Waals surface area contributed by atoms with Crippen LogP contribution in [-0.2, 0) is 14.6 Å². The Morgan fingerprint density at radius 1 is 1.44 bits per heavy atom. The first-order chi connectivity index (χ1) is 7.31. The summed E-state index contributed by atoms with van der Waals surface area (Å²) in [7, 11) is -3.03. The van der Waals surface area contributed by atoms with Crippen LogP contribution in [0.1, 0.15) is 33.1 Å². The molecule has 1 atom stereocenters. The van der Waals surface area contributed by atoms with Crippen molar-refractivity contribution in [3.63, 3.8) is 0 Å². The average Bonchev–Trinajstić information content (AvgIpc) is 2.21. The molecule has 1 aliphatic rings. The Hall–Kier alpha value is -0.620. The molecule has 1 fully saturated rings. The van der Waals surface area contributed by atoms with Crippen molar-refractivity contribution < 1.29 is 18.3 Å². The molecular formula is C10H19NO4S. The van der Waals surface area contributed by atoms with Gasteiger partial charge in [0.2, 0.25) is 0 Å². The van der Waals surface area contributed by atoms with Crippen molar-refractivity contribution in [2.24, 2.45) is 0 Å². The van der Waals surface area contributed by atoms with Gasteiger partial charge < -0.3 is 5.11 Å². The van der Waals surface area contributed by atoms with E-state index >= 15 is 0 Å². The molecule has 0 aromatic rings. The van der Waals surface area contributed by atoms with E-state index in [1.165, 1.54) is 0 Å². The number of hydrogen-bond donors (Lipinski definition) is 2. The second-order valence-corrected chi connectivity index (χ2v) is 6.80. The van der Waals surface area contributed by atoms with E-state index in [1.54, 1.807) is 0 Å². The van der Waals surface area contributed by atoms with Gasteiger partial charge in [-0.25, -0.2) is 8.42 Å². The smallest absolute Gasteiger partial charge is 0.323 e. The molecule has 0 saturated carbocycles. The lowest BCUT2D eigenvalue weighted by atomic mass is 9.91. The Morgan fingerprint density at radius 2 is 1.94 bits per heavy atom. The van der Waals surface area contributed by atoms with Crippen molar-refractivity contribution in [1.82, 2.24) is 5.32 Å². The Morgan fingerprint density at radius 3 is 2.31 bits per heavy atom. The van der Waals surface area contributed by atoms with E-state index in [0.717, 1.165) is 6.42 Å². The number of sulfone groups is 1. The second-order valence-electron chi connectivity index (χ2n) is 4.49. The zero-order valence-electron chi connectivity index (χ0n) is 9.69. The minimum atomic E-state index is -3.03. The summed E-state index contributed by atoms with van der Waals surface area (Å²) in [5, 5.41) is 12.3. The van der Waals surface area contributed by atoms with Gasteiger partial charge in [-0.15, -0.1) is 0 Å². The van der Waals surface area contributed by atoms with Crippen molar-refractivity contribution in [2.75, 3.05) is 11.5 Å². The third-order valence-electron chi connectivity index (χ3n) is 3.22. The summed E-state index contributed by atoms with van der Waals surface area (Å²) in [6.07, 6.45) is 1.14. The van der Waals surface area contributed by atoms with Crippen LogP contribution in [0.3, 0.4) is 0 Å². The van der Waals surface area contributed by atoms with Gasteiger partial charge in [0.1, 0.15) is 15.4 Å². The summed E-state index contributed by atoms with van der Waals surface area (Å²) in [6.45, 7) is 3.88. The van der Waals surface area contributed by atoms with Gasteiger partial charge in [-0.3, -0.25) is 10.1 Å². The molecule has 1 heterocycles. The van der Waals surface area contributed by atoms with E-state index in [0.29, 0.717) is 0 Å². The molecule has 16 heavy (non-hydrogen) atoms. The van der Waals surface area contributed by atoms with E-state index < -0.39 is 21.3 Å². The lowest BCUT2D eigenvalue weighted by molar-refractivity contribution is -0.145. The summed E-state index contributed by atoms with van der Waals surface area (Å²) in [4.78, 5) is 11.3. The van der Waals surface area contributed by atoms with Crippen molar-refractivity contribution >= 4 is 15.8 Å². The highest BCUT2D eigenvalue weighted by atomic mass is 32.2. The lowest BCUT2D eigenvalue weighted by Gasteiger charge is -2.36. The molecule has 6 heteroatoms. The topological polar surface area (TPSA) is 83.5 Å². The summed E-state index contributed by atoms with van der Waals surface area (Å²) in [6, 6.07) is 0.0805. The Balaban J connectivity index is 2.80. The third kappa shape index (κ3) is 2.95. The molecule has 0 spiro atoms. The van der Waals surface area contributed by atoms with Crippen LogP contribution in [0.2, 0.25) is 0 Å². The summed E-state index contributed by atoms with van der Waals surface area (Å²) < 4.78 is 22.6. The van der Waals surface area contributed by atoms with E-state index in [4.69, 9.17) is 0 Å². The van der Waals surface area contributed by atoms with Crippen molar-refractivity contribution in [3.05, 3.63) is 0 Å². The van der Waals surface area contributed by atoms with Gasteiger partial charge >= 0.3 is 5.97 Å². The zero-order valence-corrected chi connectivity index (χ0v) is 10.5. The fourth-order valence-corrected chi connectivity index (χ4v) is 3.40. The van der Waals surface area contributed by atoms with Gasteiger partial charge in [-0.05, 0) is 26.2 Å². The van der Waals surface area contributed by atoms with Gasteiger partial charge in [0, 0.05) is 6.04 Å². The van der Waals surface area contributed by atoms with Crippen molar-refractivity contribution in [1.29, 1.82) is 0 Å². The number of hydrogen-bond acceptors (Lipinski definition) is 4. The third-order valence-corrected chi connectivity index (χ3v) is 4.88. The number of carboxylic acids is 1. The molecule has 0 bridgehead atoms. The molecule has 0 aliphatic carbocycles. The fourth-order valence-electron chi connectivity index (χ4n) is 1.88. The lowest BCUT2D eigenvalue weighted by Crippen LogP contribution is -2.58. The van der Waals surface area contributed by atoms with Crippen molar-refractivity contribution in [3.8, 4) is 0 Å². The van der Waals surface area contributed by atoms with Gasteiger partial charge in [-0.1, -0.05) is 6.92 Å². The van der Waals surface area contributed by atoms with Crippen LogP contribution < -0.4 is 5.32 Å². The van der Waals surface area contributed by atoms with Crippen LogP contribution in [0.25, 0.3) is 0 Å². The van der Waals surface area contributed by atoms with Crippen molar-refractivity contribution in [2.45, 2.75) is 44.7 Å². The van der Waals surface area contributed by atoms with Gasteiger partial charge in [0.25, 0.3) is 0 Å². The molecule has 1 rings (SSSR count). The summed E-state index contributed by atoms with van der Waals surface area (Å²) in [5.74, 6) is -1.02. The Labute approximate surface area is 96.1 Å². The standard InChI is InChI=1S/C10H19NO4S/c1-3-8(2)11-10(9(12)13)4-6-16(14,15)7-5-10/h8,11H,3-7H2,1-2H3,(H,12,13). The molecule has 2 N–H and O–H groups in total. The number of nitrogens with one attached hydrogen (secondary N) is 1. The van der Waals surface area contributed by atoms with Gasteiger partial charge in [-0.2, -0.15) is 0 Å². The minimum absolute atomic E-state index is 0.0390. The van der Waals surface area contributed by atoms with E-state index in [1.807, 2.05) is 13.8 Å². The number of carboxylic acid groups (broad SMARTS) is 1. The summed E-state index contributed by atoms with van der Waals surface area (Å²) in [5.41, 5.74) is -1.05. The predicted molar refractivity (Wildman–Crippen MR) is 61.1 cm³/mol. The van der Waals surface area contributed by atoms with Crippen LogP contribution >= 0.6 is 0 Å². The highest BCUT2D eigenvalue weighted by Gasteiger charge is 2.43. The average molecular weight is 249 g/mol. The predicted octanol–water partition coefficient (Wildman–Crippen LogP) is 0.406. The monoisotopic (exact) mass is 249 g/mol. The molecule has 1 saturated heterocycles.